The Kier molecular flexibility index (Phi) is 5.30. The van der Waals surface area contributed by atoms with E-state index in [4.69, 9.17) is 4.74 Å². The average Bonchev–Trinajstić information content (AvgIpc) is 3.01. The van der Waals surface area contributed by atoms with Crippen LogP contribution in [0.15, 0.2) is 36.7 Å². The molecule has 1 N–H and O–H groups in total. The van der Waals surface area contributed by atoms with Gasteiger partial charge in [0.25, 0.3) is 0 Å². The molecular weight excluding hydrogens is 383 g/mol. The summed E-state index contributed by atoms with van der Waals surface area (Å²) < 4.78 is 20.1. The van der Waals surface area contributed by atoms with E-state index in [0.717, 1.165) is 17.7 Å². The monoisotopic (exact) mass is 412 g/mol. The van der Waals surface area contributed by atoms with Crippen molar-refractivity contribution < 1.29 is 13.9 Å². The predicted octanol–water partition coefficient (Wildman–Crippen LogP) is 3.92. The van der Waals surface area contributed by atoms with E-state index < -0.39 is 0 Å². The van der Waals surface area contributed by atoms with Crippen molar-refractivity contribution in [3.8, 4) is 5.75 Å². The molecule has 1 fully saturated rings. The number of pyridine rings is 1. The fourth-order valence-corrected chi connectivity index (χ4v) is 4.48. The molecule has 0 bridgehead atoms. The number of nitrogens with one attached hydrogen (secondary N) is 1. The van der Waals surface area contributed by atoms with E-state index in [0.29, 0.717) is 25.3 Å². The molecule has 2 atom stereocenters. The van der Waals surface area contributed by atoms with Crippen LogP contribution < -0.4 is 15.0 Å². The molecule has 2 amide bonds. The van der Waals surface area contributed by atoms with Crippen LogP contribution in [0.2, 0.25) is 0 Å². The molecule has 1 saturated heterocycles. The van der Waals surface area contributed by atoms with E-state index in [1.165, 1.54) is 11.8 Å². The van der Waals surface area contributed by atoms with E-state index in [1.807, 2.05) is 35.8 Å². The number of benzene rings is 1. The SMILES string of the molecule is C[C@@H]1CN(c2ccncc2F)CCN1C(=O)N[C@H](C)c1cccc2c1CC(C)(C)O2. The summed E-state index contributed by atoms with van der Waals surface area (Å²) in [5.41, 5.74) is 2.57. The maximum Gasteiger partial charge on any atom is 0.318 e. The minimum Gasteiger partial charge on any atom is -0.487 e. The van der Waals surface area contributed by atoms with Crippen molar-refractivity contribution in [2.75, 3.05) is 24.5 Å². The van der Waals surface area contributed by atoms with E-state index in [1.54, 1.807) is 12.3 Å². The van der Waals surface area contributed by atoms with E-state index >= 15 is 0 Å². The van der Waals surface area contributed by atoms with Crippen LogP contribution in [0.5, 0.6) is 5.75 Å². The van der Waals surface area contributed by atoms with Crippen molar-refractivity contribution in [1.29, 1.82) is 0 Å². The maximum absolute atomic E-state index is 14.1. The van der Waals surface area contributed by atoms with Gasteiger partial charge in [-0.1, -0.05) is 12.1 Å². The van der Waals surface area contributed by atoms with Crippen molar-refractivity contribution in [2.24, 2.45) is 0 Å². The Morgan fingerprint density at radius 2 is 2.13 bits per heavy atom. The lowest BCUT2D eigenvalue weighted by Crippen LogP contribution is -2.57. The van der Waals surface area contributed by atoms with E-state index in [2.05, 4.69) is 30.2 Å². The number of hydrogen-bond donors (Lipinski definition) is 1. The number of carbonyl (C=O) groups excluding carboxylic acids is 1. The van der Waals surface area contributed by atoms with Crippen LogP contribution in [0.25, 0.3) is 0 Å². The molecule has 0 saturated carbocycles. The molecular formula is C23H29FN4O2. The highest BCUT2D eigenvalue weighted by Crippen LogP contribution is 2.38. The van der Waals surface area contributed by atoms with Crippen LogP contribution in [0.1, 0.15) is 44.9 Å². The van der Waals surface area contributed by atoms with Gasteiger partial charge in [0.1, 0.15) is 11.4 Å². The first-order valence-electron chi connectivity index (χ1n) is 10.5. The third-order valence-electron chi connectivity index (χ3n) is 5.94. The first-order chi connectivity index (χ1) is 14.2. The summed E-state index contributed by atoms with van der Waals surface area (Å²) in [7, 11) is 0. The van der Waals surface area contributed by atoms with Gasteiger partial charge in [0.05, 0.1) is 17.9 Å². The molecule has 7 heteroatoms. The highest BCUT2D eigenvalue weighted by atomic mass is 19.1. The number of carbonyl (C=O) groups is 1. The topological polar surface area (TPSA) is 57.7 Å². The standard InChI is InChI=1S/C23H29FN4O2/c1-15-14-27(20-8-9-25-13-19(20)24)10-11-28(15)22(29)26-16(2)17-6-5-7-21-18(17)12-23(3,4)30-21/h5-9,13,15-16H,10-12,14H2,1-4H3,(H,26,29)/t15-,16-/m1/s1. The van der Waals surface area contributed by atoms with Gasteiger partial charge in [0.2, 0.25) is 0 Å². The minimum absolute atomic E-state index is 0.0396. The number of piperazine rings is 1. The smallest absolute Gasteiger partial charge is 0.318 e. The quantitative estimate of drug-likeness (QED) is 0.830. The Morgan fingerprint density at radius 1 is 1.33 bits per heavy atom. The van der Waals surface area contributed by atoms with Crippen molar-refractivity contribution in [1.82, 2.24) is 15.2 Å². The number of hydrogen-bond acceptors (Lipinski definition) is 4. The van der Waals surface area contributed by atoms with Gasteiger partial charge in [-0.15, -0.1) is 0 Å². The van der Waals surface area contributed by atoms with Crippen molar-refractivity contribution in [3.05, 3.63) is 53.6 Å². The molecule has 6 nitrogen and oxygen atoms in total. The molecule has 1 aromatic heterocycles. The number of fused-ring (bicyclic) bond motifs is 1. The Morgan fingerprint density at radius 3 is 2.87 bits per heavy atom. The maximum atomic E-state index is 14.1. The Bertz CT molecular complexity index is 949. The second-order valence-electron chi connectivity index (χ2n) is 8.85. The summed E-state index contributed by atoms with van der Waals surface area (Å²) in [6, 6.07) is 7.43. The summed E-state index contributed by atoms with van der Waals surface area (Å²) in [5, 5.41) is 3.15. The van der Waals surface area contributed by atoms with Gasteiger partial charge in [-0.2, -0.15) is 0 Å². The van der Waals surface area contributed by atoms with Gasteiger partial charge in [-0.25, -0.2) is 9.18 Å². The highest BCUT2D eigenvalue weighted by molar-refractivity contribution is 5.75. The summed E-state index contributed by atoms with van der Waals surface area (Å²) in [6.45, 7) is 9.84. The summed E-state index contributed by atoms with van der Waals surface area (Å²) >= 11 is 0. The van der Waals surface area contributed by atoms with E-state index in [-0.39, 0.29) is 29.5 Å². The molecule has 3 heterocycles. The molecule has 0 spiro atoms. The molecule has 160 valence electrons. The van der Waals surface area contributed by atoms with Crippen LogP contribution >= 0.6 is 0 Å². The molecule has 0 unspecified atom stereocenters. The largest absolute Gasteiger partial charge is 0.487 e. The van der Waals surface area contributed by atoms with Crippen LogP contribution in [0, 0.1) is 5.82 Å². The second kappa shape index (κ2) is 7.78. The third kappa shape index (κ3) is 3.93. The van der Waals surface area contributed by atoms with Gasteiger partial charge in [-0.05, 0) is 45.4 Å². The third-order valence-corrected chi connectivity index (χ3v) is 5.94. The molecule has 30 heavy (non-hydrogen) atoms. The average molecular weight is 413 g/mol. The lowest BCUT2D eigenvalue weighted by molar-refractivity contribution is 0.138. The number of anilines is 1. The number of urea groups is 1. The number of halogens is 1. The van der Waals surface area contributed by atoms with Gasteiger partial charge in [0, 0.05) is 43.9 Å². The number of rotatable bonds is 3. The number of ether oxygens (including phenoxy) is 1. The van der Waals surface area contributed by atoms with Crippen molar-refractivity contribution in [2.45, 2.75) is 51.8 Å². The molecule has 1 aromatic carbocycles. The predicted molar refractivity (Wildman–Crippen MR) is 114 cm³/mol. The zero-order valence-electron chi connectivity index (χ0n) is 18.0. The van der Waals surface area contributed by atoms with Gasteiger partial charge >= 0.3 is 6.03 Å². The summed E-state index contributed by atoms with van der Waals surface area (Å²) in [5.74, 6) is 0.569. The second-order valence-corrected chi connectivity index (χ2v) is 8.85. The van der Waals surface area contributed by atoms with Crippen LogP contribution in [-0.4, -0.2) is 47.2 Å². The fourth-order valence-electron chi connectivity index (χ4n) is 4.48. The fraction of sp³-hybridized carbons (Fsp3) is 0.478. The van der Waals surface area contributed by atoms with Crippen LogP contribution in [0.3, 0.4) is 0 Å². The Hall–Kier alpha value is -2.83. The molecule has 0 aliphatic carbocycles. The minimum atomic E-state index is -0.334. The lowest BCUT2D eigenvalue weighted by atomic mass is 9.94. The first-order valence-corrected chi connectivity index (χ1v) is 10.5. The highest BCUT2D eigenvalue weighted by Gasteiger charge is 2.34. The van der Waals surface area contributed by atoms with E-state index in [9.17, 15) is 9.18 Å². The summed E-state index contributed by atoms with van der Waals surface area (Å²) in [4.78, 5) is 20.6. The van der Waals surface area contributed by atoms with Gasteiger partial charge < -0.3 is 19.9 Å². The Balaban J connectivity index is 1.42. The molecule has 0 radical (unpaired) electrons. The molecule has 4 rings (SSSR count). The molecule has 2 aliphatic rings. The zero-order valence-corrected chi connectivity index (χ0v) is 18.0. The first kappa shape index (κ1) is 20.4. The lowest BCUT2D eigenvalue weighted by Gasteiger charge is -2.41. The normalized spacial score (nSPS) is 21.0. The number of amides is 2. The van der Waals surface area contributed by atoms with Gasteiger partial charge in [-0.3, -0.25) is 4.98 Å². The summed E-state index contributed by atoms with van der Waals surface area (Å²) in [6.07, 6.45) is 3.64. The van der Waals surface area contributed by atoms with Crippen LogP contribution in [-0.2, 0) is 6.42 Å². The number of aromatic nitrogens is 1. The molecule has 2 aliphatic heterocycles. The molecule has 2 aromatic rings. The number of nitrogens with zero attached hydrogens (tertiary/aromatic N) is 3. The van der Waals surface area contributed by atoms with Gasteiger partial charge in [0.15, 0.2) is 5.82 Å². The van der Waals surface area contributed by atoms with Crippen molar-refractivity contribution >= 4 is 11.7 Å². The Labute approximate surface area is 177 Å². The zero-order chi connectivity index (χ0) is 21.5. The van der Waals surface area contributed by atoms with Crippen molar-refractivity contribution in [3.63, 3.8) is 0 Å². The van der Waals surface area contributed by atoms with Crippen LogP contribution in [0.4, 0.5) is 14.9 Å².